The minimum Gasteiger partial charge on any atom is -0.441 e. The standard InChI is InChI=1S/C16H13FN2O2/c1-10-18-14-8-11(6-7-15(14)21-10)9-16(20)19-13-5-3-2-4-12(13)17/h2-8H,9H2,1H3,(H,19,20). The van der Waals surface area contributed by atoms with Crippen LogP contribution in [-0.2, 0) is 11.2 Å². The van der Waals surface area contributed by atoms with Gasteiger partial charge in [-0.3, -0.25) is 4.79 Å². The summed E-state index contributed by atoms with van der Waals surface area (Å²) < 4.78 is 18.8. The van der Waals surface area contributed by atoms with E-state index in [2.05, 4.69) is 10.3 Å². The van der Waals surface area contributed by atoms with Gasteiger partial charge in [0.1, 0.15) is 11.3 Å². The van der Waals surface area contributed by atoms with Gasteiger partial charge in [-0.05, 0) is 29.8 Å². The molecule has 0 fully saturated rings. The summed E-state index contributed by atoms with van der Waals surface area (Å²) in [4.78, 5) is 16.2. The molecule has 0 aliphatic carbocycles. The number of hydrogen-bond donors (Lipinski definition) is 1. The number of fused-ring (bicyclic) bond motifs is 1. The Morgan fingerprint density at radius 1 is 1.29 bits per heavy atom. The quantitative estimate of drug-likeness (QED) is 0.801. The average molecular weight is 284 g/mol. The molecule has 1 heterocycles. The van der Waals surface area contributed by atoms with Gasteiger partial charge in [0.25, 0.3) is 0 Å². The zero-order valence-corrected chi connectivity index (χ0v) is 11.4. The lowest BCUT2D eigenvalue weighted by Gasteiger charge is -2.06. The predicted molar refractivity (Wildman–Crippen MR) is 77.5 cm³/mol. The van der Waals surface area contributed by atoms with E-state index < -0.39 is 5.82 Å². The Labute approximate surface area is 120 Å². The van der Waals surface area contributed by atoms with E-state index in [1.54, 1.807) is 37.3 Å². The Morgan fingerprint density at radius 3 is 2.90 bits per heavy atom. The molecule has 21 heavy (non-hydrogen) atoms. The minimum absolute atomic E-state index is 0.149. The molecule has 4 nitrogen and oxygen atoms in total. The molecular formula is C16H13FN2O2. The van der Waals surface area contributed by atoms with Crippen LogP contribution in [0.1, 0.15) is 11.5 Å². The number of nitrogens with one attached hydrogen (secondary N) is 1. The van der Waals surface area contributed by atoms with E-state index in [1.807, 2.05) is 0 Å². The molecule has 3 rings (SSSR count). The number of halogens is 1. The number of rotatable bonds is 3. The highest BCUT2D eigenvalue weighted by Gasteiger charge is 2.09. The molecule has 3 aromatic rings. The molecule has 1 aromatic heterocycles. The highest BCUT2D eigenvalue weighted by Crippen LogP contribution is 2.18. The summed E-state index contributed by atoms with van der Waals surface area (Å²) in [6.45, 7) is 1.77. The van der Waals surface area contributed by atoms with Crippen LogP contribution >= 0.6 is 0 Å². The van der Waals surface area contributed by atoms with E-state index in [1.165, 1.54) is 12.1 Å². The summed E-state index contributed by atoms with van der Waals surface area (Å²) >= 11 is 0. The van der Waals surface area contributed by atoms with Crippen LogP contribution in [0.15, 0.2) is 46.9 Å². The van der Waals surface area contributed by atoms with Gasteiger partial charge >= 0.3 is 0 Å². The van der Waals surface area contributed by atoms with Gasteiger partial charge in [-0.2, -0.15) is 0 Å². The third-order valence-corrected chi connectivity index (χ3v) is 3.07. The molecule has 1 N–H and O–H groups in total. The Hall–Kier alpha value is -2.69. The first-order valence-corrected chi connectivity index (χ1v) is 6.52. The Morgan fingerprint density at radius 2 is 2.10 bits per heavy atom. The summed E-state index contributed by atoms with van der Waals surface area (Å²) in [5.74, 6) is -0.147. The van der Waals surface area contributed by atoms with E-state index in [4.69, 9.17) is 4.42 Å². The summed E-state index contributed by atoms with van der Waals surface area (Å²) in [5.41, 5.74) is 2.37. The molecule has 0 radical (unpaired) electrons. The Kier molecular flexibility index (Phi) is 3.39. The van der Waals surface area contributed by atoms with Crippen molar-refractivity contribution in [2.45, 2.75) is 13.3 Å². The van der Waals surface area contributed by atoms with Gasteiger partial charge in [0.05, 0.1) is 12.1 Å². The summed E-state index contributed by atoms with van der Waals surface area (Å²) in [5, 5.41) is 2.55. The number of carbonyl (C=O) groups excluding carboxylic acids is 1. The summed E-state index contributed by atoms with van der Waals surface area (Å²) in [6.07, 6.45) is 0.149. The molecule has 2 aromatic carbocycles. The van der Waals surface area contributed by atoms with Crippen molar-refractivity contribution in [3.63, 3.8) is 0 Å². The molecule has 106 valence electrons. The van der Waals surface area contributed by atoms with E-state index in [-0.39, 0.29) is 18.0 Å². The van der Waals surface area contributed by atoms with Gasteiger partial charge in [0, 0.05) is 6.92 Å². The van der Waals surface area contributed by atoms with Crippen LogP contribution in [0.4, 0.5) is 10.1 Å². The maximum atomic E-state index is 13.5. The van der Waals surface area contributed by atoms with Crippen LogP contribution in [0.5, 0.6) is 0 Å². The van der Waals surface area contributed by atoms with Gasteiger partial charge < -0.3 is 9.73 Å². The molecule has 0 aliphatic heterocycles. The fourth-order valence-electron chi connectivity index (χ4n) is 2.14. The fraction of sp³-hybridized carbons (Fsp3) is 0.125. The van der Waals surface area contributed by atoms with Crippen molar-refractivity contribution in [1.29, 1.82) is 0 Å². The number of anilines is 1. The van der Waals surface area contributed by atoms with Crippen molar-refractivity contribution in [3.8, 4) is 0 Å². The van der Waals surface area contributed by atoms with Gasteiger partial charge in [0.2, 0.25) is 5.91 Å². The number of carbonyl (C=O) groups is 1. The van der Waals surface area contributed by atoms with Crippen LogP contribution in [0.3, 0.4) is 0 Å². The van der Waals surface area contributed by atoms with Crippen LogP contribution in [0.2, 0.25) is 0 Å². The zero-order valence-electron chi connectivity index (χ0n) is 11.4. The number of aryl methyl sites for hydroxylation is 1. The zero-order chi connectivity index (χ0) is 14.8. The largest absolute Gasteiger partial charge is 0.441 e. The number of nitrogens with zero attached hydrogens (tertiary/aromatic N) is 1. The summed E-state index contributed by atoms with van der Waals surface area (Å²) in [6, 6.07) is 11.5. The average Bonchev–Trinajstić information content (AvgIpc) is 2.80. The monoisotopic (exact) mass is 284 g/mol. The number of aromatic nitrogens is 1. The lowest BCUT2D eigenvalue weighted by atomic mass is 10.1. The first kappa shape index (κ1) is 13.3. The predicted octanol–water partition coefficient (Wildman–Crippen LogP) is 3.46. The van der Waals surface area contributed by atoms with E-state index in [9.17, 15) is 9.18 Å². The van der Waals surface area contributed by atoms with E-state index in [0.717, 1.165) is 5.56 Å². The van der Waals surface area contributed by atoms with E-state index >= 15 is 0 Å². The van der Waals surface area contributed by atoms with Gasteiger partial charge in [0.15, 0.2) is 11.5 Å². The molecule has 0 saturated carbocycles. The molecule has 5 heteroatoms. The second-order valence-corrected chi connectivity index (χ2v) is 4.74. The topological polar surface area (TPSA) is 55.1 Å². The number of hydrogen-bond acceptors (Lipinski definition) is 3. The number of oxazole rings is 1. The van der Waals surface area contributed by atoms with Crippen LogP contribution in [0.25, 0.3) is 11.1 Å². The maximum absolute atomic E-state index is 13.5. The maximum Gasteiger partial charge on any atom is 0.228 e. The number of para-hydroxylation sites is 1. The second-order valence-electron chi connectivity index (χ2n) is 4.74. The van der Waals surface area contributed by atoms with E-state index in [0.29, 0.717) is 17.0 Å². The molecule has 0 atom stereocenters. The molecule has 0 spiro atoms. The molecule has 0 aliphatic rings. The molecular weight excluding hydrogens is 271 g/mol. The molecule has 0 unspecified atom stereocenters. The molecule has 0 saturated heterocycles. The Bertz CT molecular complexity index is 811. The number of amides is 1. The van der Waals surface area contributed by atoms with Crippen molar-refractivity contribution in [2.75, 3.05) is 5.32 Å². The van der Waals surface area contributed by atoms with Crippen molar-refractivity contribution < 1.29 is 13.6 Å². The molecule has 0 bridgehead atoms. The van der Waals surface area contributed by atoms with Gasteiger partial charge in [-0.25, -0.2) is 9.37 Å². The Balaban J connectivity index is 1.75. The number of benzene rings is 2. The van der Waals surface area contributed by atoms with Crippen molar-refractivity contribution in [3.05, 3.63) is 59.7 Å². The lowest BCUT2D eigenvalue weighted by molar-refractivity contribution is -0.115. The highest BCUT2D eigenvalue weighted by atomic mass is 19.1. The SMILES string of the molecule is Cc1nc2cc(CC(=O)Nc3ccccc3F)ccc2o1. The third-order valence-electron chi connectivity index (χ3n) is 3.07. The smallest absolute Gasteiger partial charge is 0.228 e. The van der Waals surface area contributed by atoms with Crippen molar-refractivity contribution in [2.24, 2.45) is 0 Å². The van der Waals surface area contributed by atoms with Crippen LogP contribution < -0.4 is 5.32 Å². The summed E-state index contributed by atoms with van der Waals surface area (Å²) in [7, 11) is 0. The third kappa shape index (κ3) is 2.91. The second kappa shape index (κ2) is 5.36. The van der Waals surface area contributed by atoms with Crippen LogP contribution in [-0.4, -0.2) is 10.9 Å². The van der Waals surface area contributed by atoms with Gasteiger partial charge in [-0.1, -0.05) is 18.2 Å². The minimum atomic E-state index is -0.451. The van der Waals surface area contributed by atoms with Crippen molar-refractivity contribution >= 4 is 22.7 Å². The first-order chi connectivity index (χ1) is 10.1. The molecule has 1 amide bonds. The normalized spacial score (nSPS) is 10.8. The highest BCUT2D eigenvalue weighted by molar-refractivity contribution is 5.92. The van der Waals surface area contributed by atoms with Crippen molar-refractivity contribution in [1.82, 2.24) is 4.98 Å². The lowest BCUT2D eigenvalue weighted by Crippen LogP contribution is -2.15. The fourth-order valence-corrected chi connectivity index (χ4v) is 2.14. The van der Waals surface area contributed by atoms with Crippen LogP contribution in [0, 0.1) is 12.7 Å². The first-order valence-electron chi connectivity index (χ1n) is 6.52. The van der Waals surface area contributed by atoms with Gasteiger partial charge in [-0.15, -0.1) is 0 Å².